The van der Waals surface area contributed by atoms with Crippen molar-refractivity contribution < 1.29 is 31.9 Å². The number of carbonyl (C=O) groups is 2. The van der Waals surface area contributed by atoms with Crippen LogP contribution in [0.25, 0.3) is 0 Å². The predicted octanol–water partition coefficient (Wildman–Crippen LogP) is 5.90. The van der Waals surface area contributed by atoms with Crippen LogP contribution in [0, 0.1) is 12.7 Å². The smallest absolute Gasteiger partial charge is 0.264 e. The number of halogens is 1. The molecule has 0 aromatic heterocycles. The lowest BCUT2D eigenvalue weighted by molar-refractivity contribution is -0.140. The van der Waals surface area contributed by atoms with Crippen LogP contribution >= 0.6 is 0 Å². The number of sulfonamides is 1. The molecular weight excluding hydrogens is 633 g/mol. The maximum Gasteiger partial charge on any atom is 0.264 e. The third kappa shape index (κ3) is 8.92. The van der Waals surface area contributed by atoms with E-state index in [4.69, 9.17) is 9.47 Å². The van der Waals surface area contributed by atoms with Gasteiger partial charge in [0.05, 0.1) is 24.8 Å². The maximum atomic E-state index is 14.6. The zero-order valence-corrected chi connectivity index (χ0v) is 28.9. The molecule has 0 bridgehead atoms. The Hall–Kier alpha value is -4.90. The van der Waals surface area contributed by atoms with E-state index < -0.39 is 39.9 Å². The molecule has 9 nitrogen and oxygen atoms in total. The van der Waals surface area contributed by atoms with Crippen molar-refractivity contribution in [3.05, 3.63) is 120 Å². The number of benzene rings is 4. The first-order valence-electron chi connectivity index (χ1n) is 15.4. The van der Waals surface area contributed by atoms with Gasteiger partial charge in [-0.25, -0.2) is 12.8 Å². The van der Waals surface area contributed by atoms with Crippen LogP contribution in [0.3, 0.4) is 0 Å². The van der Waals surface area contributed by atoms with Crippen LogP contribution in [0.2, 0.25) is 0 Å². The standard InChI is InChI=1S/C37H42FN3O6S/c1-26-12-10-11-15-28(26)24-40(32(36(43)39-37(2,3)4)22-27-13-8-7-9-14-27)35(42)25-41(30-18-16-29(38)17-19-30)48(44,45)31-20-21-33(46-5)34(23-31)47-6/h7-21,23,32H,22,24-25H2,1-6H3,(H,39,43)/t32-/m0/s1. The fraction of sp³-hybridized carbons (Fsp3) is 0.297. The Morgan fingerprint density at radius 1 is 0.854 bits per heavy atom. The molecule has 48 heavy (non-hydrogen) atoms. The fourth-order valence-corrected chi connectivity index (χ4v) is 6.65. The summed E-state index contributed by atoms with van der Waals surface area (Å²) in [6.07, 6.45) is 0.180. The highest BCUT2D eigenvalue weighted by Gasteiger charge is 2.36. The first-order chi connectivity index (χ1) is 22.7. The number of nitrogens with one attached hydrogen (secondary N) is 1. The van der Waals surface area contributed by atoms with Gasteiger partial charge >= 0.3 is 0 Å². The summed E-state index contributed by atoms with van der Waals surface area (Å²) in [5.74, 6) is -1.09. The van der Waals surface area contributed by atoms with Crippen LogP contribution in [0.5, 0.6) is 11.5 Å². The number of nitrogens with zero attached hydrogens (tertiary/aromatic N) is 2. The van der Waals surface area contributed by atoms with Gasteiger partial charge in [0, 0.05) is 24.6 Å². The Bertz CT molecular complexity index is 1830. The van der Waals surface area contributed by atoms with E-state index in [1.807, 2.05) is 82.3 Å². The molecule has 0 radical (unpaired) electrons. The Morgan fingerprint density at radius 2 is 1.48 bits per heavy atom. The van der Waals surface area contributed by atoms with Crippen molar-refractivity contribution in [3.8, 4) is 11.5 Å². The minimum absolute atomic E-state index is 0.0359. The van der Waals surface area contributed by atoms with E-state index >= 15 is 0 Å². The molecule has 0 aliphatic carbocycles. The number of anilines is 1. The SMILES string of the molecule is COc1ccc(S(=O)(=O)N(CC(=O)N(Cc2ccccc2C)[C@@H](Cc2ccccc2)C(=O)NC(C)(C)C)c2ccc(F)cc2)cc1OC. The monoisotopic (exact) mass is 675 g/mol. The second kappa shape index (κ2) is 15.3. The highest BCUT2D eigenvalue weighted by Crippen LogP contribution is 2.32. The number of hydrogen-bond donors (Lipinski definition) is 1. The molecule has 254 valence electrons. The summed E-state index contributed by atoms with van der Waals surface area (Å²) in [5.41, 5.74) is 1.97. The summed E-state index contributed by atoms with van der Waals surface area (Å²) in [6.45, 7) is 6.82. The van der Waals surface area contributed by atoms with Crippen LogP contribution in [-0.4, -0.2) is 57.5 Å². The molecule has 0 saturated carbocycles. The van der Waals surface area contributed by atoms with Crippen molar-refractivity contribution in [1.29, 1.82) is 0 Å². The highest BCUT2D eigenvalue weighted by atomic mass is 32.2. The van der Waals surface area contributed by atoms with Gasteiger partial charge in [0.15, 0.2) is 11.5 Å². The van der Waals surface area contributed by atoms with Gasteiger partial charge in [-0.15, -0.1) is 0 Å². The Balaban J connectivity index is 1.85. The number of ether oxygens (including phenoxy) is 2. The van der Waals surface area contributed by atoms with Gasteiger partial charge in [0.1, 0.15) is 18.4 Å². The van der Waals surface area contributed by atoms with Crippen LogP contribution in [0.4, 0.5) is 10.1 Å². The molecule has 0 fully saturated rings. The average Bonchev–Trinajstić information content (AvgIpc) is 3.05. The number of hydrogen-bond acceptors (Lipinski definition) is 6. The molecule has 0 heterocycles. The van der Waals surface area contributed by atoms with Gasteiger partial charge in [-0.2, -0.15) is 0 Å². The van der Waals surface area contributed by atoms with Crippen molar-refractivity contribution in [3.63, 3.8) is 0 Å². The van der Waals surface area contributed by atoms with Gasteiger partial charge in [0.25, 0.3) is 10.0 Å². The highest BCUT2D eigenvalue weighted by molar-refractivity contribution is 7.92. The molecule has 0 aliphatic heterocycles. The summed E-state index contributed by atoms with van der Waals surface area (Å²) < 4.78 is 54.2. The lowest BCUT2D eigenvalue weighted by Crippen LogP contribution is -2.56. The van der Waals surface area contributed by atoms with E-state index in [1.54, 1.807) is 0 Å². The molecule has 4 aromatic carbocycles. The molecule has 11 heteroatoms. The molecule has 0 unspecified atom stereocenters. The first-order valence-corrected chi connectivity index (χ1v) is 16.9. The van der Waals surface area contributed by atoms with E-state index in [2.05, 4.69) is 5.32 Å². The summed E-state index contributed by atoms with van der Waals surface area (Å²) in [6, 6.07) is 24.8. The maximum absolute atomic E-state index is 14.6. The van der Waals surface area contributed by atoms with Crippen LogP contribution in [0.1, 0.15) is 37.5 Å². The molecule has 4 aromatic rings. The van der Waals surface area contributed by atoms with Gasteiger partial charge in [0.2, 0.25) is 11.8 Å². The molecular formula is C37H42FN3O6S. The second-order valence-corrected chi connectivity index (χ2v) is 14.3. The zero-order valence-electron chi connectivity index (χ0n) is 28.1. The van der Waals surface area contributed by atoms with E-state index in [0.29, 0.717) is 5.75 Å². The van der Waals surface area contributed by atoms with Gasteiger partial charge in [-0.05, 0) is 80.8 Å². The van der Waals surface area contributed by atoms with Crippen LogP contribution in [-0.2, 0) is 32.6 Å². The number of rotatable bonds is 13. The van der Waals surface area contributed by atoms with Crippen molar-refractivity contribution in [2.75, 3.05) is 25.1 Å². The van der Waals surface area contributed by atoms with Gasteiger partial charge in [-0.1, -0.05) is 54.6 Å². The van der Waals surface area contributed by atoms with E-state index in [0.717, 1.165) is 33.1 Å². The summed E-state index contributed by atoms with van der Waals surface area (Å²) in [4.78, 5) is 29.9. The van der Waals surface area contributed by atoms with Crippen LogP contribution in [0.15, 0.2) is 102 Å². The first kappa shape index (κ1) is 35.9. The second-order valence-electron chi connectivity index (χ2n) is 12.4. The van der Waals surface area contributed by atoms with Gasteiger partial charge in [-0.3, -0.25) is 13.9 Å². The quantitative estimate of drug-likeness (QED) is 0.189. The minimum atomic E-state index is -4.44. The molecule has 0 aliphatic rings. The number of aryl methyl sites for hydroxylation is 1. The predicted molar refractivity (Wildman–Crippen MR) is 184 cm³/mol. The number of amides is 2. The fourth-order valence-electron chi connectivity index (χ4n) is 5.22. The normalized spacial score (nSPS) is 12.1. The number of methoxy groups -OCH3 is 2. The Labute approximate surface area is 282 Å². The third-order valence-electron chi connectivity index (χ3n) is 7.71. The van der Waals surface area contributed by atoms with E-state index in [9.17, 15) is 22.4 Å². The van der Waals surface area contributed by atoms with E-state index in [-0.39, 0.29) is 35.2 Å². The Morgan fingerprint density at radius 3 is 2.08 bits per heavy atom. The molecule has 1 atom stereocenters. The molecule has 2 amide bonds. The topological polar surface area (TPSA) is 105 Å². The lowest BCUT2D eigenvalue weighted by Gasteiger charge is -2.35. The van der Waals surface area contributed by atoms with Gasteiger partial charge < -0.3 is 19.7 Å². The van der Waals surface area contributed by atoms with Crippen LogP contribution < -0.4 is 19.1 Å². The van der Waals surface area contributed by atoms with Crippen molar-refractivity contribution in [2.45, 2.75) is 57.1 Å². The minimum Gasteiger partial charge on any atom is -0.493 e. The van der Waals surface area contributed by atoms with Crippen molar-refractivity contribution in [2.24, 2.45) is 0 Å². The summed E-state index contributed by atoms with van der Waals surface area (Å²) in [5, 5.41) is 3.01. The summed E-state index contributed by atoms with van der Waals surface area (Å²) >= 11 is 0. The lowest BCUT2D eigenvalue weighted by atomic mass is 10.00. The average molecular weight is 676 g/mol. The van der Waals surface area contributed by atoms with E-state index in [1.165, 1.54) is 49.5 Å². The molecule has 4 rings (SSSR count). The zero-order chi connectivity index (χ0) is 35.1. The number of carbonyl (C=O) groups excluding carboxylic acids is 2. The molecule has 0 saturated heterocycles. The largest absolute Gasteiger partial charge is 0.493 e. The molecule has 0 spiro atoms. The van der Waals surface area contributed by atoms with Crippen molar-refractivity contribution >= 4 is 27.5 Å². The summed E-state index contributed by atoms with van der Waals surface area (Å²) in [7, 11) is -1.63. The molecule has 1 N–H and O–H groups in total. The van der Waals surface area contributed by atoms with Crippen molar-refractivity contribution in [1.82, 2.24) is 10.2 Å². The third-order valence-corrected chi connectivity index (χ3v) is 9.48. The Kier molecular flexibility index (Phi) is 11.5.